The largest absolute Gasteiger partial charge is 0.393 e. The van der Waals surface area contributed by atoms with Gasteiger partial charge in [-0.05, 0) is 20.8 Å². The Balaban J connectivity index is 4.48. The summed E-state index contributed by atoms with van der Waals surface area (Å²) >= 11 is 4.81. The van der Waals surface area contributed by atoms with Gasteiger partial charge in [-0.15, -0.1) is 0 Å². The van der Waals surface area contributed by atoms with E-state index in [4.69, 9.17) is 22.7 Å². The van der Waals surface area contributed by atoms with Crippen molar-refractivity contribution in [1.29, 1.82) is 0 Å². The molecular weight excluding hydrogens is 212 g/mol. The molecule has 2 N–H and O–H groups in total. The van der Waals surface area contributed by atoms with E-state index in [9.17, 15) is 4.79 Å². The first-order chi connectivity index (χ1) is 6.91. The number of thiocarbonyl (C=S) groups is 1. The summed E-state index contributed by atoms with van der Waals surface area (Å²) in [6, 6.07) is 0.129. The van der Waals surface area contributed by atoms with Gasteiger partial charge in [-0.1, -0.05) is 12.2 Å². The molecule has 0 radical (unpaired) electrons. The molecule has 0 aliphatic heterocycles. The Bertz CT molecular complexity index is 231. The number of amides is 1. The van der Waals surface area contributed by atoms with Crippen LogP contribution in [0.25, 0.3) is 0 Å². The van der Waals surface area contributed by atoms with Crippen LogP contribution >= 0.6 is 12.2 Å². The van der Waals surface area contributed by atoms with Crippen LogP contribution in [0.1, 0.15) is 20.8 Å². The lowest BCUT2D eigenvalue weighted by molar-refractivity contribution is -0.135. The maximum Gasteiger partial charge on any atom is 0.232 e. The number of nitrogens with zero attached hydrogens (tertiary/aromatic N) is 1. The van der Waals surface area contributed by atoms with Gasteiger partial charge in [-0.2, -0.15) is 0 Å². The first kappa shape index (κ1) is 14.3. The van der Waals surface area contributed by atoms with Crippen LogP contribution in [-0.2, 0) is 9.53 Å². The summed E-state index contributed by atoms with van der Waals surface area (Å²) in [5, 5.41) is 0. The molecule has 5 heteroatoms. The van der Waals surface area contributed by atoms with E-state index in [0.717, 1.165) is 0 Å². The summed E-state index contributed by atoms with van der Waals surface area (Å²) in [6.45, 7) is 6.74. The molecule has 0 aliphatic rings. The predicted octanol–water partition coefficient (Wildman–Crippen LogP) is 0.792. The molecule has 0 saturated heterocycles. The van der Waals surface area contributed by atoms with Crippen molar-refractivity contribution in [3.8, 4) is 0 Å². The summed E-state index contributed by atoms with van der Waals surface area (Å²) in [7, 11) is 1.61. The zero-order valence-electron chi connectivity index (χ0n) is 9.82. The van der Waals surface area contributed by atoms with Gasteiger partial charge in [0, 0.05) is 19.7 Å². The Labute approximate surface area is 96.8 Å². The molecule has 0 aromatic carbocycles. The average molecular weight is 232 g/mol. The van der Waals surface area contributed by atoms with Crippen LogP contribution in [0.15, 0.2) is 0 Å². The average Bonchev–Trinajstić information content (AvgIpc) is 2.16. The van der Waals surface area contributed by atoms with E-state index in [2.05, 4.69) is 0 Å². The Hall–Kier alpha value is -0.680. The molecule has 1 unspecified atom stereocenters. The first-order valence-electron chi connectivity index (χ1n) is 5.00. The first-order valence-corrected chi connectivity index (χ1v) is 5.41. The minimum absolute atomic E-state index is 0.0328. The Morgan fingerprint density at radius 2 is 2.00 bits per heavy atom. The summed E-state index contributed by atoms with van der Waals surface area (Å²) in [5.74, 6) is -0.436. The Morgan fingerprint density at radius 1 is 1.47 bits per heavy atom. The molecule has 0 spiro atoms. The highest BCUT2D eigenvalue weighted by atomic mass is 32.1. The lowest BCUT2D eigenvalue weighted by atomic mass is 10.1. The molecule has 88 valence electrons. The summed E-state index contributed by atoms with van der Waals surface area (Å²) in [5.41, 5.74) is 5.46. The zero-order chi connectivity index (χ0) is 12.0. The fourth-order valence-corrected chi connectivity index (χ4v) is 1.28. The summed E-state index contributed by atoms with van der Waals surface area (Å²) < 4.78 is 4.95. The van der Waals surface area contributed by atoms with E-state index in [-0.39, 0.29) is 16.9 Å². The van der Waals surface area contributed by atoms with Crippen molar-refractivity contribution in [2.24, 2.45) is 11.7 Å². The van der Waals surface area contributed by atoms with Crippen LogP contribution in [0, 0.1) is 5.92 Å². The van der Waals surface area contributed by atoms with Crippen molar-refractivity contribution in [3.05, 3.63) is 0 Å². The molecule has 0 bridgehead atoms. The van der Waals surface area contributed by atoms with Gasteiger partial charge in [0.2, 0.25) is 5.91 Å². The van der Waals surface area contributed by atoms with Gasteiger partial charge in [-0.3, -0.25) is 4.79 Å². The number of carbonyl (C=O) groups excluding carboxylic acids is 1. The monoisotopic (exact) mass is 232 g/mol. The normalized spacial score (nSPS) is 12.6. The smallest absolute Gasteiger partial charge is 0.232 e. The van der Waals surface area contributed by atoms with Gasteiger partial charge in [0.25, 0.3) is 0 Å². The second kappa shape index (κ2) is 6.74. The fourth-order valence-electron chi connectivity index (χ4n) is 1.18. The van der Waals surface area contributed by atoms with Gasteiger partial charge in [-0.25, -0.2) is 0 Å². The number of nitrogens with two attached hydrogens (primary N) is 1. The van der Waals surface area contributed by atoms with Gasteiger partial charge in [0.1, 0.15) is 0 Å². The van der Waals surface area contributed by atoms with Gasteiger partial charge < -0.3 is 15.4 Å². The zero-order valence-corrected chi connectivity index (χ0v) is 10.6. The topological polar surface area (TPSA) is 55.6 Å². The number of ether oxygens (including phenoxy) is 1. The van der Waals surface area contributed by atoms with Crippen LogP contribution < -0.4 is 5.73 Å². The summed E-state index contributed by atoms with van der Waals surface area (Å²) in [6.07, 6.45) is 0. The molecule has 0 saturated carbocycles. The molecule has 0 aromatic heterocycles. The molecular formula is C10H20N2O2S. The van der Waals surface area contributed by atoms with E-state index in [1.807, 2.05) is 13.8 Å². The maximum absolute atomic E-state index is 11.9. The quantitative estimate of drug-likeness (QED) is 0.688. The van der Waals surface area contributed by atoms with Crippen LogP contribution in [0.2, 0.25) is 0 Å². The van der Waals surface area contributed by atoms with Crippen molar-refractivity contribution < 1.29 is 9.53 Å². The van der Waals surface area contributed by atoms with Crippen molar-refractivity contribution in [1.82, 2.24) is 4.90 Å². The lowest BCUT2D eigenvalue weighted by Gasteiger charge is -2.28. The number of rotatable bonds is 6. The molecule has 4 nitrogen and oxygen atoms in total. The third-order valence-electron chi connectivity index (χ3n) is 2.24. The van der Waals surface area contributed by atoms with Crippen LogP contribution in [-0.4, -0.2) is 42.1 Å². The van der Waals surface area contributed by atoms with E-state index < -0.39 is 5.92 Å². The van der Waals surface area contributed by atoms with Crippen molar-refractivity contribution in [3.63, 3.8) is 0 Å². The van der Waals surface area contributed by atoms with Crippen molar-refractivity contribution in [2.45, 2.75) is 26.8 Å². The van der Waals surface area contributed by atoms with Crippen LogP contribution in [0.5, 0.6) is 0 Å². The second-order valence-corrected chi connectivity index (χ2v) is 4.21. The van der Waals surface area contributed by atoms with Crippen LogP contribution in [0.3, 0.4) is 0 Å². The predicted molar refractivity (Wildman–Crippen MR) is 64.7 cm³/mol. The second-order valence-electron chi connectivity index (χ2n) is 3.74. The lowest BCUT2D eigenvalue weighted by Crippen LogP contribution is -2.45. The van der Waals surface area contributed by atoms with Gasteiger partial charge in [0.15, 0.2) is 0 Å². The molecule has 0 heterocycles. The number of carbonyl (C=O) groups is 1. The highest BCUT2D eigenvalue weighted by Gasteiger charge is 2.23. The number of methoxy groups -OCH3 is 1. The molecule has 0 aromatic rings. The Kier molecular flexibility index (Phi) is 6.43. The third kappa shape index (κ3) is 4.57. The molecule has 0 aliphatic carbocycles. The molecule has 1 amide bonds. The molecule has 0 fully saturated rings. The van der Waals surface area contributed by atoms with E-state index >= 15 is 0 Å². The molecule has 0 rings (SSSR count). The highest BCUT2D eigenvalue weighted by Crippen LogP contribution is 2.07. The van der Waals surface area contributed by atoms with Crippen molar-refractivity contribution in [2.75, 3.05) is 20.3 Å². The third-order valence-corrected chi connectivity index (χ3v) is 2.59. The standard InChI is InChI=1S/C10H20N2O2S/c1-7(2)12(5-6-14-4)10(13)8(3)9(11)15/h7-8H,5-6H2,1-4H3,(H2,11,15). The Morgan fingerprint density at radius 3 is 2.33 bits per heavy atom. The molecule has 15 heavy (non-hydrogen) atoms. The minimum Gasteiger partial charge on any atom is -0.393 e. The van der Waals surface area contributed by atoms with E-state index in [1.165, 1.54) is 0 Å². The minimum atomic E-state index is -0.403. The van der Waals surface area contributed by atoms with Crippen molar-refractivity contribution >= 4 is 23.1 Å². The van der Waals surface area contributed by atoms with Gasteiger partial charge >= 0.3 is 0 Å². The number of hydrogen-bond acceptors (Lipinski definition) is 3. The van der Waals surface area contributed by atoms with E-state index in [0.29, 0.717) is 13.2 Å². The summed E-state index contributed by atoms with van der Waals surface area (Å²) in [4.78, 5) is 13.9. The number of hydrogen-bond donors (Lipinski definition) is 1. The van der Waals surface area contributed by atoms with Crippen LogP contribution in [0.4, 0.5) is 0 Å². The van der Waals surface area contributed by atoms with Gasteiger partial charge in [0.05, 0.1) is 17.5 Å². The SMILES string of the molecule is COCCN(C(=O)C(C)C(N)=S)C(C)C. The molecule has 1 atom stereocenters. The van der Waals surface area contributed by atoms with E-state index in [1.54, 1.807) is 18.9 Å². The fraction of sp³-hybridized carbons (Fsp3) is 0.800. The highest BCUT2D eigenvalue weighted by molar-refractivity contribution is 7.80. The maximum atomic E-state index is 11.9.